The topological polar surface area (TPSA) is 67.8 Å². The van der Waals surface area contributed by atoms with Crippen LogP contribution in [0.1, 0.15) is 15.9 Å². The maximum Gasteiger partial charge on any atom is 0.251 e. The van der Waals surface area contributed by atoms with Crippen molar-refractivity contribution in [2.75, 3.05) is 0 Å². The molecule has 4 rings (SSSR count). The molecule has 1 N–H and O–H groups in total. The van der Waals surface area contributed by atoms with Crippen LogP contribution in [-0.2, 0) is 6.54 Å². The largest absolute Gasteiger partial charge is 0.348 e. The van der Waals surface area contributed by atoms with E-state index in [-0.39, 0.29) is 5.91 Å². The van der Waals surface area contributed by atoms with Gasteiger partial charge in [0.15, 0.2) is 0 Å². The molecular formula is C17H12N4OS2. The van der Waals surface area contributed by atoms with Crippen molar-refractivity contribution >= 4 is 40.0 Å². The van der Waals surface area contributed by atoms with E-state index >= 15 is 0 Å². The highest BCUT2D eigenvalue weighted by atomic mass is 32.1. The van der Waals surface area contributed by atoms with Crippen LogP contribution < -0.4 is 5.32 Å². The van der Waals surface area contributed by atoms with Gasteiger partial charge in [0.2, 0.25) is 0 Å². The Morgan fingerprint density at radius 1 is 1.04 bits per heavy atom. The second-order valence-corrected chi connectivity index (χ2v) is 6.55. The molecule has 0 aliphatic heterocycles. The van der Waals surface area contributed by atoms with Crippen LogP contribution in [0.4, 0.5) is 0 Å². The number of carbonyl (C=O) groups excluding carboxylic acids is 1. The van der Waals surface area contributed by atoms with Crippen LogP contribution >= 0.6 is 23.1 Å². The normalized spacial score (nSPS) is 10.8. The summed E-state index contributed by atoms with van der Waals surface area (Å²) in [4.78, 5) is 16.6. The first-order valence-electron chi connectivity index (χ1n) is 7.26. The first-order chi connectivity index (χ1) is 11.8. The number of fused-ring (bicyclic) bond motifs is 1. The number of hydrogen-bond acceptors (Lipinski definition) is 6. The summed E-state index contributed by atoms with van der Waals surface area (Å²) in [6, 6.07) is 9.43. The third-order valence-corrected chi connectivity index (χ3v) is 4.86. The molecule has 0 saturated heterocycles. The summed E-state index contributed by atoms with van der Waals surface area (Å²) in [5.41, 5.74) is 5.29. The molecule has 0 atom stereocenters. The van der Waals surface area contributed by atoms with Crippen LogP contribution in [0.15, 0.2) is 53.5 Å². The quantitative estimate of drug-likeness (QED) is 0.607. The van der Waals surface area contributed by atoms with E-state index in [1.54, 1.807) is 29.7 Å². The van der Waals surface area contributed by atoms with Crippen molar-refractivity contribution in [2.45, 2.75) is 6.54 Å². The molecular weight excluding hydrogens is 340 g/mol. The van der Waals surface area contributed by atoms with Crippen LogP contribution in [0.3, 0.4) is 0 Å². The number of benzene rings is 1. The van der Waals surface area contributed by atoms with E-state index in [9.17, 15) is 4.79 Å². The van der Waals surface area contributed by atoms with Gasteiger partial charge in [-0.3, -0.25) is 9.78 Å². The minimum Gasteiger partial charge on any atom is -0.348 e. The fraction of sp³-hybridized carbons (Fsp3) is 0.0588. The number of aromatic nitrogens is 3. The molecule has 3 aromatic heterocycles. The molecule has 0 unspecified atom stereocenters. The van der Waals surface area contributed by atoms with Crippen molar-refractivity contribution in [3.8, 4) is 11.1 Å². The molecule has 7 heteroatoms. The van der Waals surface area contributed by atoms with E-state index in [0.29, 0.717) is 12.1 Å². The molecule has 0 saturated carbocycles. The maximum atomic E-state index is 12.3. The minimum atomic E-state index is -0.133. The molecule has 4 aromatic rings. The second kappa shape index (κ2) is 6.46. The van der Waals surface area contributed by atoms with Crippen LogP contribution in [0.5, 0.6) is 0 Å². The lowest BCUT2D eigenvalue weighted by molar-refractivity contribution is 0.0951. The number of nitrogens with one attached hydrogen (secondary N) is 1. The summed E-state index contributed by atoms with van der Waals surface area (Å²) >= 11 is 2.79. The molecule has 0 fully saturated rings. The van der Waals surface area contributed by atoms with Gasteiger partial charge in [0.05, 0.1) is 11.7 Å². The zero-order valence-electron chi connectivity index (χ0n) is 12.5. The maximum absolute atomic E-state index is 12.3. The number of amides is 1. The molecule has 0 radical (unpaired) electrons. The van der Waals surface area contributed by atoms with Crippen LogP contribution in [0.25, 0.3) is 22.2 Å². The van der Waals surface area contributed by atoms with Crippen molar-refractivity contribution in [1.29, 1.82) is 0 Å². The van der Waals surface area contributed by atoms with Gasteiger partial charge < -0.3 is 5.32 Å². The zero-order chi connectivity index (χ0) is 16.4. The third kappa shape index (κ3) is 3.04. The Morgan fingerprint density at radius 2 is 1.96 bits per heavy atom. The average Bonchev–Trinajstić information content (AvgIpc) is 3.30. The minimum absolute atomic E-state index is 0.133. The molecule has 3 heterocycles. The molecule has 118 valence electrons. The van der Waals surface area contributed by atoms with Crippen LogP contribution in [0.2, 0.25) is 0 Å². The molecule has 0 aliphatic rings. The summed E-state index contributed by atoms with van der Waals surface area (Å²) in [5.74, 6) is -0.133. The number of hydrogen-bond donors (Lipinski definition) is 1. The van der Waals surface area contributed by atoms with Crippen LogP contribution in [0, 0.1) is 0 Å². The van der Waals surface area contributed by atoms with E-state index in [0.717, 1.165) is 39.5 Å². The van der Waals surface area contributed by atoms with Gasteiger partial charge in [0.1, 0.15) is 11.0 Å². The van der Waals surface area contributed by atoms with Gasteiger partial charge in [-0.15, -0.1) is 0 Å². The van der Waals surface area contributed by atoms with Crippen molar-refractivity contribution < 1.29 is 4.79 Å². The zero-order valence-corrected chi connectivity index (χ0v) is 14.1. The lowest BCUT2D eigenvalue weighted by Gasteiger charge is -2.06. The SMILES string of the molecule is O=C(NCc1cncc(-c2ccsc2)c1)c1ccc2nsnc2c1. The van der Waals surface area contributed by atoms with Gasteiger partial charge in [0.25, 0.3) is 5.91 Å². The Morgan fingerprint density at radius 3 is 2.83 bits per heavy atom. The average molecular weight is 352 g/mol. The van der Waals surface area contributed by atoms with Gasteiger partial charge in [-0.25, -0.2) is 0 Å². The number of rotatable bonds is 4. The van der Waals surface area contributed by atoms with Crippen molar-refractivity contribution in [2.24, 2.45) is 0 Å². The van der Waals surface area contributed by atoms with Gasteiger partial charge >= 0.3 is 0 Å². The van der Waals surface area contributed by atoms with Crippen molar-refractivity contribution in [3.05, 3.63) is 64.6 Å². The fourth-order valence-electron chi connectivity index (χ4n) is 2.38. The van der Waals surface area contributed by atoms with E-state index < -0.39 is 0 Å². The summed E-state index contributed by atoms with van der Waals surface area (Å²) in [7, 11) is 0. The van der Waals surface area contributed by atoms with E-state index in [4.69, 9.17) is 0 Å². The van der Waals surface area contributed by atoms with E-state index in [1.807, 2.05) is 23.7 Å². The van der Waals surface area contributed by atoms with Crippen molar-refractivity contribution in [1.82, 2.24) is 19.0 Å². The molecule has 0 aliphatic carbocycles. The summed E-state index contributed by atoms with van der Waals surface area (Å²) in [6.07, 6.45) is 3.60. The number of pyridine rings is 1. The first-order valence-corrected chi connectivity index (χ1v) is 8.94. The Labute approximate surface area is 146 Å². The summed E-state index contributed by atoms with van der Waals surface area (Å²) < 4.78 is 8.30. The predicted octanol–water partition coefficient (Wildman–Crippen LogP) is 3.74. The predicted molar refractivity (Wildman–Crippen MR) is 96.1 cm³/mol. The fourth-order valence-corrected chi connectivity index (χ4v) is 3.56. The Bertz CT molecular complexity index is 995. The van der Waals surface area contributed by atoms with E-state index in [2.05, 4.69) is 30.5 Å². The molecule has 24 heavy (non-hydrogen) atoms. The highest BCUT2D eigenvalue weighted by Crippen LogP contribution is 2.22. The molecule has 0 spiro atoms. The number of thiophene rings is 1. The monoisotopic (exact) mass is 352 g/mol. The standard InChI is InChI=1S/C17H12N4OS2/c22-17(12-1-2-15-16(6-12)21-24-20-15)19-8-11-5-14(9-18-7-11)13-3-4-23-10-13/h1-7,9-10H,8H2,(H,19,22). The highest BCUT2D eigenvalue weighted by molar-refractivity contribution is 7.08. The van der Waals surface area contributed by atoms with Crippen LogP contribution in [-0.4, -0.2) is 19.6 Å². The van der Waals surface area contributed by atoms with Gasteiger partial charge in [-0.1, -0.05) is 0 Å². The Hall–Kier alpha value is -2.64. The van der Waals surface area contributed by atoms with Gasteiger partial charge in [0, 0.05) is 30.1 Å². The Kier molecular flexibility index (Phi) is 4.02. The molecule has 5 nitrogen and oxygen atoms in total. The van der Waals surface area contributed by atoms with Crippen molar-refractivity contribution in [3.63, 3.8) is 0 Å². The highest BCUT2D eigenvalue weighted by Gasteiger charge is 2.08. The van der Waals surface area contributed by atoms with Gasteiger partial charge in [-0.05, 0) is 52.2 Å². The first kappa shape index (κ1) is 14.9. The Balaban J connectivity index is 1.48. The number of nitrogens with zero attached hydrogens (tertiary/aromatic N) is 3. The molecule has 1 aromatic carbocycles. The smallest absolute Gasteiger partial charge is 0.251 e. The lowest BCUT2D eigenvalue weighted by atomic mass is 10.1. The second-order valence-electron chi connectivity index (χ2n) is 5.24. The third-order valence-electron chi connectivity index (χ3n) is 3.62. The van der Waals surface area contributed by atoms with Gasteiger partial charge in [-0.2, -0.15) is 20.1 Å². The molecule has 1 amide bonds. The van der Waals surface area contributed by atoms with E-state index in [1.165, 1.54) is 0 Å². The lowest BCUT2D eigenvalue weighted by Crippen LogP contribution is -2.22. The summed E-state index contributed by atoms with van der Waals surface area (Å²) in [6.45, 7) is 0.428. The number of carbonyl (C=O) groups is 1. The molecule has 0 bridgehead atoms. The summed E-state index contributed by atoms with van der Waals surface area (Å²) in [5, 5.41) is 7.04.